The largest absolute Gasteiger partial charge is 0.388 e. The lowest BCUT2D eigenvalue weighted by Gasteiger charge is -2.32. The van der Waals surface area contributed by atoms with Crippen LogP contribution in [-0.2, 0) is 7.05 Å². The molecular weight excluding hydrogens is 304 g/mol. The number of rotatable bonds is 4. The first-order valence-electron chi connectivity index (χ1n) is 8.42. The Labute approximate surface area is 141 Å². The van der Waals surface area contributed by atoms with Crippen LogP contribution in [0.1, 0.15) is 32.1 Å². The van der Waals surface area contributed by atoms with Crippen LogP contribution in [0.2, 0.25) is 0 Å². The molecule has 0 unspecified atom stereocenters. The van der Waals surface area contributed by atoms with E-state index in [9.17, 15) is 9.90 Å². The van der Waals surface area contributed by atoms with Gasteiger partial charge in [0.15, 0.2) is 0 Å². The molecule has 3 N–H and O–H groups in total. The van der Waals surface area contributed by atoms with Crippen LogP contribution in [0.4, 0.5) is 10.5 Å². The van der Waals surface area contributed by atoms with E-state index in [-0.39, 0.29) is 12.6 Å². The molecule has 1 aromatic heterocycles. The molecule has 6 heteroatoms. The quantitative estimate of drug-likeness (QED) is 0.807. The number of aromatic nitrogens is 2. The molecule has 2 aromatic rings. The number of nitrogens with one attached hydrogen (secondary N) is 2. The molecule has 0 radical (unpaired) electrons. The van der Waals surface area contributed by atoms with Gasteiger partial charge in [-0.1, -0.05) is 49.6 Å². The number of anilines is 1. The van der Waals surface area contributed by atoms with E-state index in [0.29, 0.717) is 5.69 Å². The third-order valence-corrected chi connectivity index (χ3v) is 4.49. The highest BCUT2D eigenvalue weighted by Crippen LogP contribution is 2.28. The Bertz CT molecular complexity index is 690. The van der Waals surface area contributed by atoms with Gasteiger partial charge in [-0.05, 0) is 12.8 Å². The van der Waals surface area contributed by atoms with Crippen LogP contribution in [0.15, 0.2) is 36.5 Å². The number of carbonyl (C=O) groups is 1. The Hall–Kier alpha value is -2.34. The van der Waals surface area contributed by atoms with Gasteiger partial charge < -0.3 is 15.7 Å². The number of amides is 2. The van der Waals surface area contributed by atoms with Crippen molar-refractivity contribution in [1.82, 2.24) is 15.1 Å². The Morgan fingerprint density at radius 2 is 1.96 bits per heavy atom. The maximum absolute atomic E-state index is 12.2. The highest BCUT2D eigenvalue weighted by Gasteiger charge is 2.29. The van der Waals surface area contributed by atoms with Gasteiger partial charge in [0.25, 0.3) is 0 Å². The fourth-order valence-corrected chi connectivity index (χ4v) is 3.19. The Morgan fingerprint density at radius 1 is 1.25 bits per heavy atom. The molecule has 0 atom stereocenters. The van der Waals surface area contributed by atoms with Crippen molar-refractivity contribution in [3.05, 3.63) is 36.5 Å². The zero-order valence-corrected chi connectivity index (χ0v) is 14.0. The molecule has 1 aromatic carbocycles. The van der Waals surface area contributed by atoms with E-state index in [0.717, 1.165) is 43.4 Å². The summed E-state index contributed by atoms with van der Waals surface area (Å²) in [7, 11) is 1.82. The van der Waals surface area contributed by atoms with E-state index >= 15 is 0 Å². The molecule has 128 valence electrons. The average molecular weight is 328 g/mol. The summed E-state index contributed by atoms with van der Waals surface area (Å²) in [6.07, 6.45) is 6.45. The number of hydrogen-bond donors (Lipinski definition) is 3. The molecule has 0 saturated heterocycles. The second kappa shape index (κ2) is 7.05. The van der Waals surface area contributed by atoms with Crippen LogP contribution in [0, 0.1) is 0 Å². The van der Waals surface area contributed by atoms with Crippen molar-refractivity contribution in [3.63, 3.8) is 0 Å². The third-order valence-electron chi connectivity index (χ3n) is 4.49. The number of hydrogen-bond acceptors (Lipinski definition) is 3. The average Bonchev–Trinajstić information content (AvgIpc) is 2.95. The topological polar surface area (TPSA) is 79.2 Å². The summed E-state index contributed by atoms with van der Waals surface area (Å²) in [5, 5.41) is 20.5. The zero-order valence-electron chi connectivity index (χ0n) is 14.0. The van der Waals surface area contributed by atoms with Crippen molar-refractivity contribution in [2.75, 3.05) is 11.9 Å². The smallest absolute Gasteiger partial charge is 0.319 e. The summed E-state index contributed by atoms with van der Waals surface area (Å²) < 4.78 is 1.67. The standard InChI is InChI=1S/C18H24N4O2/c1-22-12-15(16(21-22)14-8-4-2-5-9-14)20-17(23)19-13-18(24)10-6-3-7-11-18/h2,4-5,8-9,12,24H,3,6-7,10-11,13H2,1H3,(H2,19,20,23). The van der Waals surface area contributed by atoms with Gasteiger partial charge in [-0.25, -0.2) is 4.79 Å². The van der Waals surface area contributed by atoms with Gasteiger partial charge in [0.05, 0.1) is 11.3 Å². The van der Waals surface area contributed by atoms with Gasteiger partial charge in [0.2, 0.25) is 0 Å². The van der Waals surface area contributed by atoms with E-state index in [2.05, 4.69) is 15.7 Å². The second-order valence-corrected chi connectivity index (χ2v) is 6.52. The minimum atomic E-state index is -0.771. The van der Waals surface area contributed by atoms with Crippen molar-refractivity contribution >= 4 is 11.7 Å². The highest BCUT2D eigenvalue weighted by molar-refractivity contribution is 5.93. The lowest BCUT2D eigenvalue weighted by Crippen LogP contribution is -2.45. The molecule has 1 aliphatic carbocycles. The first-order valence-corrected chi connectivity index (χ1v) is 8.42. The number of aliphatic hydroxyl groups is 1. The van der Waals surface area contributed by atoms with E-state index in [1.54, 1.807) is 10.9 Å². The van der Waals surface area contributed by atoms with Crippen molar-refractivity contribution in [2.24, 2.45) is 7.05 Å². The number of benzene rings is 1. The molecule has 1 fully saturated rings. The monoisotopic (exact) mass is 328 g/mol. The minimum absolute atomic E-state index is 0.278. The molecule has 0 aliphatic heterocycles. The normalized spacial score (nSPS) is 16.6. The third kappa shape index (κ3) is 3.94. The Balaban J connectivity index is 1.64. The number of aryl methyl sites for hydroxylation is 1. The SMILES string of the molecule is Cn1cc(NC(=O)NCC2(O)CCCCC2)c(-c2ccccc2)n1. The molecule has 2 amide bonds. The van der Waals surface area contributed by atoms with Crippen LogP contribution < -0.4 is 10.6 Å². The maximum atomic E-state index is 12.2. The molecule has 6 nitrogen and oxygen atoms in total. The minimum Gasteiger partial charge on any atom is -0.388 e. The van der Waals surface area contributed by atoms with E-state index < -0.39 is 5.60 Å². The summed E-state index contributed by atoms with van der Waals surface area (Å²) in [6, 6.07) is 9.40. The summed E-state index contributed by atoms with van der Waals surface area (Å²) in [4.78, 5) is 12.2. The van der Waals surface area contributed by atoms with Gasteiger partial charge in [-0.2, -0.15) is 5.10 Å². The van der Waals surface area contributed by atoms with E-state index in [1.807, 2.05) is 37.4 Å². The van der Waals surface area contributed by atoms with Crippen LogP contribution in [0.5, 0.6) is 0 Å². The number of carbonyl (C=O) groups excluding carboxylic acids is 1. The van der Waals surface area contributed by atoms with Crippen molar-refractivity contribution in [3.8, 4) is 11.3 Å². The molecule has 24 heavy (non-hydrogen) atoms. The summed E-state index contributed by atoms with van der Waals surface area (Å²) in [5.41, 5.74) is 1.55. The molecule has 0 bridgehead atoms. The summed E-state index contributed by atoms with van der Waals surface area (Å²) in [5.74, 6) is 0. The number of urea groups is 1. The van der Waals surface area contributed by atoms with Crippen LogP contribution >= 0.6 is 0 Å². The lowest BCUT2D eigenvalue weighted by molar-refractivity contribution is 0.00755. The van der Waals surface area contributed by atoms with E-state index in [1.165, 1.54) is 0 Å². The molecule has 3 rings (SSSR count). The Morgan fingerprint density at radius 3 is 2.67 bits per heavy atom. The fraction of sp³-hybridized carbons (Fsp3) is 0.444. The molecule has 1 heterocycles. The number of nitrogens with zero attached hydrogens (tertiary/aromatic N) is 2. The highest BCUT2D eigenvalue weighted by atomic mass is 16.3. The first-order chi connectivity index (χ1) is 11.6. The maximum Gasteiger partial charge on any atom is 0.319 e. The molecule has 0 spiro atoms. The summed E-state index contributed by atoms with van der Waals surface area (Å²) >= 11 is 0. The van der Waals surface area contributed by atoms with Gasteiger partial charge in [0.1, 0.15) is 5.69 Å². The first kappa shape index (κ1) is 16.5. The second-order valence-electron chi connectivity index (χ2n) is 6.52. The van der Waals surface area contributed by atoms with E-state index in [4.69, 9.17) is 0 Å². The lowest BCUT2D eigenvalue weighted by atomic mass is 9.85. The van der Waals surface area contributed by atoms with Crippen LogP contribution in [0.25, 0.3) is 11.3 Å². The van der Waals surface area contributed by atoms with Gasteiger partial charge in [-0.3, -0.25) is 4.68 Å². The molecular formula is C18H24N4O2. The van der Waals surface area contributed by atoms with Crippen LogP contribution in [0.3, 0.4) is 0 Å². The van der Waals surface area contributed by atoms with Crippen molar-refractivity contribution in [2.45, 2.75) is 37.7 Å². The van der Waals surface area contributed by atoms with Crippen LogP contribution in [-0.4, -0.2) is 33.1 Å². The van der Waals surface area contributed by atoms with Crippen molar-refractivity contribution in [1.29, 1.82) is 0 Å². The van der Waals surface area contributed by atoms with Gasteiger partial charge in [-0.15, -0.1) is 0 Å². The summed E-state index contributed by atoms with van der Waals surface area (Å²) in [6.45, 7) is 0.278. The molecule has 1 saturated carbocycles. The fourth-order valence-electron chi connectivity index (χ4n) is 3.19. The predicted octanol–water partition coefficient (Wildman–Crippen LogP) is 2.90. The van der Waals surface area contributed by atoms with Gasteiger partial charge >= 0.3 is 6.03 Å². The predicted molar refractivity (Wildman–Crippen MR) is 93.7 cm³/mol. The molecule has 1 aliphatic rings. The Kier molecular flexibility index (Phi) is 4.85. The van der Waals surface area contributed by atoms with Crippen molar-refractivity contribution < 1.29 is 9.90 Å². The van der Waals surface area contributed by atoms with Gasteiger partial charge in [0, 0.05) is 25.4 Å². The zero-order chi connectivity index (χ0) is 17.0.